The first-order chi connectivity index (χ1) is 14.8. The van der Waals surface area contributed by atoms with E-state index < -0.39 is 0 Å². The summed E-state index contributed by atoms with van der Waals surface area (Å²) in [7, 11) is 0. The first-order valence-electron chi connectivity index (χ1n) is 13.7. The highest BCUT2D eigenvalue weighted by atomic mass is 16.3. The van der Waals surface area contributed by atoms with Gasteiger partial charge in [0, 0.05) is 5.41 Å². The van der Waals surface area contributed by atoms with Crippen LogP contribution >= 0.6 is 0 Å². The SMILES string of the molecule is CC[C@@H](CC[C@@H](C)[C@@H]1CC[C@H]2[C@@H]3CC=C4C[C@H](O)CC[C@]4(CO)[C@H]3CC[C@@]21C)C(C)C. The molecule has 2 nitrogen and oxygen atoms in total. The maximum absolute atomic E-state index is 10.6. The minimum absolute atomic E-state index is 0.0151. The molecule has 0 amide bonds. The maximum Gasteiger partial charge on any atom is 0.0577 e. The summed E-state index contributed by atoms with van der Waals surface area (Å²) >= 11 is 0. The van der Waals surface area contributed by atoms with E-state index in [0.717, 1.165) is 54.8 Å². The monoisotopic (exact) mass is 430 g/mol. The van der Waals surface area contributed by atoms with E-state index in [1.54, 1.807) is 0 Å². The Labute approximate surface area is 192 Å². The van der Waals surface area contributed by atoms with Crippen molar-refractivity contribution in [2.24, 2.45) is 52.3 Å². The number of hydrogen-bond acceptors (Lipinski definition) is 2. The molecule has 0 saturated heterocycles. The third-order valence-electron chi connectivity index (χ3n) is 11.3. The van der Waals surface area contributed by atoms with Crippen molar-refractivity contribution in [3.8, 4) is 0 Å². The molecule has 0 unspecified atom stereocenters. The maximum atomic E-state index is 10.6. The van der Waals surface area contributed by atoms with Crippen molar-refractivity contribution in [2.45, 2.75) is 111 Å². The molecule has 0 aromatic heterocycles. The highest BCUT2D eigenvalue weighted by Gasteiger charge is 2.60. The zero-order chi connectivity index (χ0) is 22.4. The van der Waals surface area contributed by atoms with Gasteiger partial charge in [-0.1, -0.05) is 59.1 Å². The lowest BCUT2D eigenvalue weighted by Gasteiger charge is -2.59. The molecule has 0 aliphatic heterocycles. The van der Waals surface area contributed by atoms with Crippen molar-refractivity contribution >= 4 is 0 Å². The number of fused-ring (bicyclic) bond motifs is 5. The second kappa shape index (κ2) is 9.13. The fraction of sp³-hybridized carbons (Fsp3) is 0.931. The van der Waals surface area contributed by atoms with Crippen LogP contribution in [0.5, 0.6) is 0 Å². The van der Waals surface area contributed by atoms with Crippen molar-refractivity contribution in [1.29, 1.82) is 0 Å². The lowest BCUT2D eigenvalue weighted by atomic mass is 9.46. The van der Waals surface area contributed by atoms with Crippen LogP contribution in [0.1, 0.15) is 105 Å². The molecule has 3 fully saturated rings. The van der Waals surface area contributed by atoms with Gasteiger partial charge in [-0.2, -0.15) is 0 Å². The van der Waals surface area contributed by atoms with Gasteiger partial charge in [0.25, 0.3) is 0 Å². The van der Waals surface area contributed by atoms with Gasteiger partial charge in [-0.05, 0) is 105 Å². The highest BCUT2D eigenvalue weighted by molar-refractivity contribution is 5.26. The van der Waals surface area contributed by atoms with Gasteiger partial charge < -0.3 is 10.2 Å². The lowest BCUT2D eigenvalue weighted by Crippen LogP contribution is -2.53. The Balaban J connectivity index is 1.50. The second-order valence-electron chi connectivity index (χ2n) is 12.7. The van der Waals surface area contributed by atoms with E-state index in [2.05, 4.69) is 40.7 Å². The molecule has 3 saturated carbocycles. The fourth-order valence-corrected chi connectivity index (χ4v) is 9.39. The Kier molecular flexibility index (Phi) is 7.01. The molecule has 4 rings (SSSR count). The van der Waals surface area contributed by atoms with Crippen LogP contribution in [-0.4, -0.2) is 22.9 Å². The molecule has 9 atom stereocenters. The number of hydrogen-bond donors (Lipinski definition) is 2. The summed E-state index contributed by atoms with van der Waals surface area (Å²) in [6.07, 6.45) is 15.7. The molecule has 31 heavy (non-hydrogen) atoms. The van der Waals surface area contributed by atoms with Crippen molar-refractivity contribution in [2.75, 3.05) is 6.61 Å². The van der Waals surface area contributed by atoms with Crippen LogP contribution in [0.4, 0.5) is 0 Å². The third-order valence-corrected chi connectivity index (χ3v) is 11.3. The molecule has 0 bridgehead atoms. The van der Waals surface area contributed by atoms with Gasteiger partial charge in [0.05, 0.1) is 12.7 Å². The van der Waals surface area contributed by atoms with Gasteiger partial charge in [0.15, 0.2) is 0 Å². The Bertz CT molecular complexity index is 653. The lowest BCUT2D eigenvalue weighted by molar-refractivity contribution is -0.0797. The van der Waals surface area contributed by atoms with Crippen LogP contribution < -0.4 is 0 Å². The quantitative estimate of drug-likeness (QED) is 0.427. The summed E-state index contributed by atoms with van der Waals surface area (Å²) in [6.45, 7) is 12.7. The minimum Gasteiger partial charge on any atom is -0.395 e. The van der Waals surface area contributed by atoms with E-state index in [-0.39, 0.29) is 11.5 Å². The summed E-state index contributed by atoms with van der Waals surface area (Å²) in [6, 6.07) is 0. The summed E-state index contributed by atoms with van der Waals surface area (Å²) in [5, 5.41) is 20.9. The summed E-state index contributed by atoms with van der Waals surface area (Å²) in [5.41, 5.74) is 1.88. The zero-order valence-electron chi connectivity index (χ0n) is 21.1. The zero-order valence-corrected chi connectivity index (χ0v) is 21.1. The van der Waals surface area contributed by atoms with E-state index in [4.69, 9.17) is 0 Å². The summed E-state index contributed by atoms with van der Waals surface area (Å²) in [4.78, 5) is 0. The smallest absolute Gasteiger partial charge is 0.0577 e. The molecular formula is C29H50O2. The van der Waals surface area contributed by atoms with Gasteiger partial charge in [-0.25, -0.2) is 0 Å². The van der Waals surface area contributed by atoms with E-state index in [0.29, 0.717) is 17.9 Å². The van der Waals surface area contributed by atoms with Gasteiger partial charge in [0.2, 0.25) is 0 Å². The minimum atomic E-state index is -0.189. The molecular weight excluding hydrogens is 380 g/mol. The van der Waals surface area contributed by atoms with Crippen LogP contribution in [0.25, 0.3) is 0 Å². The fourth-order valence-electron chi connectivity index (χ4n) is 9.39. The van der Waals surface area contributed by atoms with Gasteiger partial charge in [-0.3, -0.25) is 0 Å². The van der Waals surface area contributed by atoms with E-state index >= 15 is 0 Å². The van der Waals surface area contributed by atoms with Crippen molar-refractivity contribution in [3.05, 3.63) is 11.6 Å². The van der Waals surface area contributed by atoms with Gasteiger partial charge in [0.1, 0.15) is 0 Å². The van der Waals surface area contributed by atoms with Gasteiger partial charge in [-0.15, -0.1) is 0 Å². The molecule has 2 N–H and O–H groups in total. The second-order valence-corrected chi connectivity index (χ2v) is 12.7. The first-order valence-corrected chi connectivity index (χ1v) is 13.7. The van der Waals surface area contributed by atoms with Crippen LogP contribution in [0.2, 0.25) is 0 Å². The van der Waals surface area contributed by atoms with Crippen LogP contribution in [-0.2, 0) is 0 Å². The van der Waals surface area contributed by atoms with Crippen LogP contribution in [0.3, 0.4) is 0 Å². The van der Waals surface area contributed by atoms with Crippen molar-refractivity contribution < 1.29 is 10.2 Å². The molecule has 2 heteroatoms. The van der Waals surface area contributed by atoms with Crippen molar-refractivity contribution in [1.82, 2.24) is 0 Å². The van der Waals surface area contributed by atoms with Crippen LogP contribution in [0, 0.1) is 52.3 Å². The molecule has 4 aliphatic carbocycles. The number of allylic oxidation sites excluding steroid dienone is 1. The predicted octanol–water partition coefficient (Wildman–Crippen LogP) is 7.00. The predicted molar refractivity (Wildman–Crippen MR) is 130 cm³/mol. The highest BCUT2D eigenvalue weighted by Crippen LogP contribution is 2.67. The summed E-state index contributed by atoms with van der Waals surface area (Å²) in [5.74, 6) is 5.64. The third kappa shape index (κ3) is 3.96. The van der Waals surface area contributed by atoms with Gasteiger partial charge >= 0.3 is 0 Å². The Morgan fingerprint density at radius 3 is 2.48 bits per heavy atom. The Morgan fingerprint density at radius 2 is 1.81 bits per heavy atom. The molecule has 0 spiro atoms. The first kappa shape index (κ1) is 23.8. The standard InChI is InChI=1S/C29H50O2/c1-6-21(19(2)3)8-7-20(4)25-11-12-26-24-10-9-22-17-23(31)13-16-29(22,18-30)27(24)14-15-28(25,26)5/h9,19-21,23-27,30-31H,6-8,10-18H2,1-5H3/t20-,21+,23-,24+,25+,26+,27+,28-,29-/m1/s1. The van der Waals surface area contributed by atoms with E-state index in [1.807, 2.05) is 0 Å². The topological polar surface area (TPSA) is 40.5 Å². The largest absolute Gasteiger partial charge is 0.395 e. The average Bonchev–Trinajstić information content (AvgIpc) is 3.10. The van der Waals surface area contributed by atoms with E-state index in [1.165, 1.54) is 56.9 Å². The Hall–Kier alpha value is -0.340. The molecule has 178 valence electrons. The average molecular weight is 431 g/mol. The number of aliphatic hydroxyl groups excluding tert-OH is 2. The van der Waals surface area contributed by atoms with Crippen molar-refractivity contribution in [3.63, 3.8) is 0 Å². The number of aliphatic hydroxyl groups is 2. The molecule has 0 heterocycles. The Morgan fingerprint density at radius 1 is 1.03 bits per heavy atom. The molecule has 4 aliphatic rings. The molecule has 0 aromatic carbocycles. The van der Waals surface area contributed by atoms with E-state index in [9.17, 15) is 10.2 Å². The van der Waals surface area contributed by atoms with Crippen LogP contribution in [0.15, 0.2) is 11.6 Å². The normalized spacial score (nSPS) is 44.3. The summed E-state index contributed by atoms with van der Waals surface area (Å²) < 4.78 is 0. The molecule has 0 radical (unpaired) electrons. The molecule has 0 aromatic rings. The number of rotatable bonds is 7.